The number of imidazole rings is 1. The predicted octanol–water partition coefficient (Wildman–Crippen LogP) is 3.54. The minimum atomic E-state index is -0.433. The molecule has 142 valence electrons. The lowest BCUT2D eigenvalue weighted by Crippen LogP contribution is -2.22. The molecule has 0 radical (unpaired) electrons. The van der Waals surface area contributed by atoms with Crippen molar-refractivity contribution >= 4 is 55.3 Å². The van der Waals surface area contributed by atoms with Crippen LogP contribution in [-0.4, -0.2) is 22.0 Å². The average Bonchev–Trinajstić information content (AvgIpc) is 3.15. The molecule has 4 aromatic rings. The topological polar surface area (TPSA) is 69.9 Å². The van der Waals surface area contributed by atoms with E-state index in [1.165, 1.54) is 18.3 Å². The molecule has 0 aliphatic carbocycles. The zero-order valence-electron chi connectivity index (χ0n) is 15.1. The molecule has 2 aromatic carbocycles. The highest BCUT2D eigenvalue weighted by Crippen LogP contribution is 2.34. The summed E-state index contributed by atoms with van der Waals surface area (Å²) in [4.78, 5) is 29.4. The number of para-hydroxylation sites is 2. The van der Waals surface area contributed by atoms with Crippen molar-refractivity contribution in [3.8, 4) is 11.5 Å². The number of nitrogens with zero attached hydrogens (tertiary/aromatic N) is 2. The summed E-state index contributed by atoms with van der Waals surface area (Å²) in [6.07, 6.45) is 1.78. The minimum Gasteiger partial charge on any atom is -0.490 e. The van der Waals surface area contributed by atoms with Crippen LogP contribution in [0.15, 0.2) is 45.7 Å². The van der Waals surface area contributed by atoms with E-state index in [-0.39, 0.29) is 5.56 Å². The summed E-state index contributed by atoms with van der Waals surface area (Å²) >= 11 is 4.80. The first-order chi connectivity index (χ1) is 13.5. The highest BCUT2D eigenvalue weighted by Gasteiger charge is 2.14. The summed E-state index contributed by atoms with van der Waals surface area (Å²) in [5.74, 6) is 0.330. The molecule has 0 spiro atoms. The smallest absolute Gasteiger partial charge is 0.308 e. The van der Waals surface area contributed by atoms with Gasteiger partial charge in [-0.3, -0.25) is 9.59 Å². The molecule has 0 atom stereocenters. The Morgan fingerprint density at radius 2 is 2.07 bits per heavy atom. The van der Waals surface area contributed by atoms with Gasteiger partial charge in [0.25, 0.3) is 5.56 Å². The molecule has 2 aromatic heterocycles. The fraction of sp³-hybridized carbons (Fsp3) is 0.150. The Labute approximate surface area is 172 Å². The van der Waals surface area contributed by atoms with Crippen LogP contribution >= 0.6 is 27.3 Å². The zero-order chi connectivity index (χ0) is 19.8. The maximum atomic E-state index is 12.9. The fourth-order valence-electron chi connectivity index (χ4n) is 2.92. The molecule has 2 heterocycles. The first-order valence-corrected chi connectivity index (χ1v) is 10.2. The zero-order valence-corrected chi connectivity index (χ0v) is 17.5. The number of hydrogen-bond acceptors (Lipinski definition) is 6. The van der Waals surface area contributed by atoms with E-state index in [1.807, 2.05) is 31.2 Å². The van der Waals surface area contributed by atoms with Gasteiger partial charge in [-0.2, -0.15) is 0 Å². The van der Waals surface area contributed by atoms with Crippen molar-refractivity contribution in [3.05, 3.63) is 61.3 Å². The van der Waals surface area contributed by atoms with Gasteiger partial charge in [-0.25, -0.2) is 9.38 Å². The lowest BCUT2D eigenvalue weighted by atomic mass is 10.2. The molecule has 6 nitrogen and oxygen atoms in total. The molecule has 8 heteroatoms. The number of esters is 1. The number of ether oxygens (including phenoxy) is 2. The van der Waals surface area contributed by atoms with Crippen molar-refractivity contribution in [2.75, 3.05) is 6.61 Å². The molecule has 0 saturated carbocycles. The van der Waals surface area contributed by atoms with Gasteiger partial charge in [-0.1, -0.05) is 39.4 Å². The molecule has 28 heavy (non-hydrogen) atoms. The Balaban J connectivity index is 1.88. The highest BCUT2D eigenvalue weighted by atomic mass is 79.9. The summed E-state index contributed by atoms with van der Waals surface area (Å²) in [6, 6.07) is 11.0. The lowest BCUT2D eigenvalue weighted by molar-refractivity contribution is -0.132. The predicted molar refractivity (Wildman–Crippen MR) is 112 cm³/mol. The second-order valence-corrected chi connectivity index (χ2v) is 7.84. The number of carbonyl (C=O) groups is 1. The van der Waals surface area contributed by atoms with Crippen LogP contribution < -0.4 is 19.6 Å². The van der Waals surface area contributed by atoms with E-state index in [9.17, 15) is 9.59 Å². The van der Waals surface area contributed by atoms with Crippen LogP contribution in [0.1, 0.15) is 19.4 Å². The van der Waals surface area contributed by atoms with Gasteiger partial charge in [0.1, 0.15) is 0 Å². The Morgan fingerprint density at radius 1 is 1.29 bits per heavy atom. The Morgan fingerprint density at radius 3 is 2.82 bits per heavy atom. The number of rotatable bonds is 4. The molecule has 0 unspecified atom stereocenters. The van der Waals surface area contributed by atoms with E-state index in [0.29, 0.717) is 32.1 Å². The van der Waals surface area contributed by atoms with Crippen molar-refractivity contribution < 1.29 is 14.3 Å². The van der Waals surface area contributed by atoms with Crippen LogP contribution in [0.4, 0.5) is 0 Å². The van der Waals surface area contributed by atoms with Crippen molar-refractivity contribution in [2.24, 2.45) is 0 Å². The van der Waals surface area contributed by atoms with Crippen LogP contribution in [0.2, 0.25) is 0 Å². The normalized spacial score (nSPS) is 12.0. The SMILES string of the molecule is CCOc1cc(C=c2sc3nc4ccccc4n3c2=O)c(Br)cc1OC(C)=O. The monoisotopic (exact) mass is 458 g/mol. The number of benzene rings is 2. The third kappa shape index (κ3) is 3.29. The third-order valence-electron chi connectivity index (χ3n) is 4.05. The van der Waals surface area contributed by atoms with E-state index in [4.69, 9.17) is 9.47 Å². The van der Waals surface area contributed by atoms with Gasteiger partial charge in [0.2, 0.25) is 0 Å². The summed E-state index contributed by atoms with van der Waals surface area (Å²) in [7, 11) is 0. The second kappa shape index (κ2) is 7.37. The Kier molecular flexibility index (Phi) is 4.91. The van der Waals surface area contributed by atoms with E-state index in [2.05, 4.69) is 20.9 Å². The molecule has 0 bridgehead atoms. The lowest BCUT2D eigenvalue weighted by Gasteiger charge is -2.11. The molecule has 0 fully saturated rings. The third-order valence-corrected chi connectivity index (χ3v) is 5.70. The van der Waals surface area contributed by atoms with Crippen molar-refractivity contribution in [2.45, 2.75) is 13.8 Å². The number of halogens is 1. The van der Waals surface area contributed by atoms with Gasteiger partial charge in [0.15, 0.2) is 16.5 Å². The van der Waals surface area contributed by atoms with Crippen molar-refractivity contribution in [3.63, 3.8) is 0 Å². The van der Waals surface area contributed by atoms with E-state index in [1.54, 1.807) is 22.6 Å². The quantitative estimate of drug-likeness (QED) is 0.345. The average molecular weight is 459 g/mol. The largest absolute Gasteiger partial charge is 0.490 e. The minimum absolute atomic E-state index is 0.123. The number of thiazole rings is 1. The summed E-state index contributed by atoms with van der Waals surface area (Å²) in [5, 5.41) is 0. The number of carbonyl (C=O) groups excluding carboxylic acids is 1. The van der Waals surface area contributed by atoms with Crippen LogP contribution in [-0.2, 0) is 4.79 Å². The van der Waals surface area contributed by atoms with E-state index < -0.39 is 5.97 Å². The molecule has 0 amide bonds. The van der Waals surface area contributed by atoms with Crippen LogP contribution in [0.5, 0.6) is 11.5 Å². The summed E-state index contributed by atoms with van der Waals surface area (Å²) < 4.78 is 13.7. The van der Waals surface area contributed by atoms with E-state index in [0.717, 1.165) is 16.6 Å². The van der Waals surface area contributed by atoms with Gasteiger partial charge in [0.05, 0.1) is 22.2 Å². The van der Waals surface area contributed by atoms with Crippen LogP contribution in [0.3, 0.4) is 0 Å². The summed E-state index contributed by atoms with van der Waals surface area (Å²) in [5.41, 5.74) is 2.20. The number of fused-ring (bicyclic) bond motifs is 3. The first kappa shape index (κ1) is 18.6. The molecule has 4 rings (SSSR count). The first-order valence-electron chi connectivity index (χ1n) is 8.54. The molecule has 0 N–H and O–H groups in total. The molecular formula is C20H15BrN2O4S. The van der Waals surface area contributed by atoms with Gasteiger partial charge in [-0.05, 0) is 42.8 Å². The molecule has 0 saturated heterocycles. The number of hydrogen-bond donors (Lipinski definition) is 0. The van der Waals surface area contributed by atoms with Crippen LogP contribution in [0.25, 0.3) is 22.1 Å². The highest BCUT2D eigenvalue weighted by molar-refractivity contribution is 9.10. The molecule has 0 aliphatic heterocycles. The Hall–Kier alpha value is -2.71. The maximum absolute atomic E-state index is 12.9. The second-order valence-electron chi connectivity index (χ2n) is 5.98. The Bertz CT molecular complexity index is 1330. The fourth-order valence-corrected chi connectivity index (χ4v) is 4.33. The van der Waals surface area contributed by atoms with Crippen molar-refractivity contribution in [1.29, 1.82) is 0 Å². The molecule has 0 aliphatic rings. The maximum Gasteiger partial charge on any atom is 0.308 e. The van der Waals surface area contributed by atoms with Crippen molar-refractivity contribution in [1.82, 2.24) is 9.38 Å². The standard InChI is InChI=1S/C20H15BrN2O4S/c1-3-26-16-8-12(13(21)10-17(16)27-11(2)24)9-18-19(25)23-15-7-5-4-6-14(15)22-20(23)28-18/h4-10H,3H2,1-2H3. The van der Waals surface area contributed by atoms with Gasteiger partial charge in [-0.15, -0.1) is 0 Å². The number of aromatic nitrogens is 2. The van der Waals surface area contributed by atoms with Crippen LogP contribution in [0, 0.1) is 0 Å². The van der Waals surface area contributed by atoms with Gasteiger partial charge < -0.3 is 9.47 Å². The summed E-state index contributed by atoms with van der Waals surface area (Å²) in [6.45, 7) is 3.60. The van der Waals surface area contributed by atoms with E-state index >= 15 is 0 Å². The van der Waals surface area contributed by atoms with Gasteiger partial charge in [0, 0.05) is 11.4 Å². The van der Waals surface area contributed by atoms with Gasteiger partial charge >= 0.3 is 5.97 Å². The molecular weight excluding hydrogens is 444 g/mol.